The summed E-state index contributed by atoms with van der Waals surface area (Å²) in [7, 11) is 2.20. The molecule has 0 rings (SSSR count). The maximum atomic E-state index is 2.42. The van der Waals surface area contributed by atoms with Crippen molar-refractivity contribution in [1.29, 1.82) is 0 Å². The molecule has 1 heteroatoms. The molecule has 0 spiro atoms. The van der Waals surface area contributed by atoms with Crippen LogP contribution in [0.25, 0.3) is 0 Å². The lowest BCUT2D eigenvalue weighted by molar-refractivity contribution is 0.133. The van der Waals surface area contributed by atoms with Crippen molar-refractivity contribution in [2.45, 2.75) is 47.6 Å². The molecule has 0 bridgehead atoms. The van der Waals surface area contributed by atoms with Crippen molar-refractivity contribution in [3.8, 4) is 0 Å². The van der Waals surface area contributed by atoms with E-state index < -0.39 is 0 Å². The summed E-state index contributed by atoms with van der Waals surface area (Å²) >= 11 is 0. The minimum absolute atomic E-state index is 0.430. The highest BCUT2D eigenvalue weighted by Gasteiger charge is 2.24. The molecule has 0 N–H and O–H groups in total. The van der Waals surface area contributed by atoms with Gasteiger partial charge >= 0.3 is 0 Å². The predicted octanol–water partition coefficient (Wildman–Crippen LogP) is 3.01. The first-order valence-electron chi connectivity index (χ1n) is 4.97. The molecule has 0 saturated carbocycles. The summed E-state index contributed by atoms with van der Waals surface area (Å²) in [6.07, 6.45) is 0. The zero-order valence-corrected chi connectivity index (χ0v) is 9.81. The van der Waals surface area contributed by atoms with Crippen LogP contribution in [-0.4, -0.2) is 24.5 Å². The molecular weight excluding hydrogens is 146 g/mol. The van der Waals surface area contributed by atoms with Gasteiger partial charge in [0.2, 0.25) is 0 Å². The van der Waals surface area contributed by atoms with Crippen molar-refractivity contribution in [2.75, 3.05) is 13.6 Å². The Balaban J connectivity index is 4.05. The first-order chi connectivity index (χ1) is 5.27. The van der Waals surface area contributed by atoms with E-state index in [1.165, 1.54) is 6.54 Å². The van der Waals surface area contributed by atoms with Gasteiger partial charge in [-0.25, -0.2) is 0 Å². The Kier molecular flexibility index (Phi) is 4.25. The molecule has 0 fully saturated rings. The van der Waals surface area contributed by atoms with Crippen molar-refractivity contribution in [3.05, 3.63) is 0 Å². The van der Waals surface area contributed by atoms with E-state index in [-0.39, 0.29) is 0 Å². The van der Waals surface area contributed by atoms with E-state index in [2.05, 4.69) is 53.5 Å². The highest BCUT2D eigenvalue weighted by molar-refractivity contribution is 4.76. The van der Waals surface area contributed by atoms with Gasteiger partial charge in [0, 0.05) is 12.6 Å². The minimum atomic E-state index is 0.430. The van der Waals surface area contributed by atoms with E-state index in [1.54, 1.807) is 0 Å². The molecule has 74 valence electrons. The van der Waals surface area contributed by atoms with Crippen molar-refractivity contribution in [1.82, 2.24) is 4.90 Å². The molecular formula is C11H25N. The van der Waals surface area contributed by atoms with Crippen LogP contribution in [0.15, 0.2) is 0 Å². The molecule has 0 unspecified atom stereocenters. The molecule has 0 heterocycles. The summed E-state index contributed by atoms with van der Waals surface area (Å²) in [4.78, 5) is 2.42. The number of hydrogen-bond donors (Lipinski definition) is 0. The number of nitrogens with zero attached hydrogens (tertiary/aromatic N) is 1. The van der Waals surface area contributed by atoms with Gasteiger partial charge in [0.15, 0.2) is 0 Å². The Labute approximate surface area is 78.1 Å². The second-order valence-electron chi connectivity index (χ2n) is 5.15. The van der Waals surface area contributed by atoms with Gasteiger partial charge in [-0.15, -0.1) is 0 Å². The van der Waals surface area contributed by atoms with Crippen LogP contribution in [0.3, 0.4) is 0 Å². The monoisotopic (exact) mass is 171 g/mol. The molecule has 0 radical (unpaired) electrons. The molecule has 0 saturated heterocycles. The largest absolute Gasteiger partial charge is 0.303 e. The van der Waals surface area contributed by atoms with Gasteiger partial charge in [-0.3, -0.25) is 0 Å². The summed E-state index contributed by atoms with van der Waals surface area (Å²) in [5.41, 5.74) is 0.430. The first-order valence-corrected chi connectivity index (χ1v) is 4.97. The molecule has 1 nitrogen and oxygen atoms in total. The predicted molar refractivity (Wildman–Crippen MR) is 56.4 cm³/mol. The Bertz CT molecular complexity index is 125. The first kappa shape index (κ1) is 12.0. The van der Waals surface area contributed by atoms with Crippen LogP contribution in [0.5, 0.6) is 0 Å². The average Bonchev–Trinajstić information content (AvgIpc) is 1.85. The fraction of sp³-hybridized carbons (Fsp3) is 1.00. The van der Waals surface area contributed by atoms with E-state index in [0.29, 0.717) is 11.5 Å². The number of hydrogen-bond acceptors (Lipinski definition) is 1. The van der Waals surface area contributed by atoms with E-state index in [0.717, 1.165) is 5.92 Å². The molecule has 0 atom stereocenters. The van der Waals surface area contributed by atoms with Crippen LogP contribution in [0.4, 0.5) is 0 Å². The van der Waals surface area contributed by atoms with Crippen molar-refractivity contribution in [2.24, 2.45) is 11.3 Å². The summed E-state index contributed by atoms with van der Waals surface area (Å²) in [5.74, 6) is 0.749. The Morgan fingerprint density at radius 3 is 1.75 bits per heavy atom. The van der Waals surface area contributed by atoms with Crippen LogP contribution >= 0.6 is 0 Å². The van der Waals surface area contributed by atoms with Crippen molar-refractivity contribution >= 4 is 0 Å². The smallest absolute Gasteiger partial charge is 0.00357 e. The van der Waals surface area contributed by atoms with E-state index >= 15 is 0 Å². The van der Waals surface area contributed by atoms with Gasteiger partial charge < -0.3 is 4.90 Å². The van der Waals surface area contributed by atoms with Gasteiger partial charge in [0.25, 0.3) is 0 Å². The molecule has 0 aliphatic rings. The topological polar surface area (TPSA) is 3.24 Å². The van der Waals surface area contributed by atoms with Crippen molar-refractivity contribution < 1.29 is 0 Å². The molecule has 0 aromatic carbocycles. The summed E-state index contributed by atoms with van der Waals surface area (Å²) in [6.45, 7) is 15.0. The quantitative estimate of drug-likeness (QED) is 0.628. The zero-order chi connectivity index (χ0) is 9.94. The fourth-order valence-electron chi connectivity index (χ4n) is 1.01. The van der Waals surface area contributed by atoms with Gasteiger partial charge in [-0.1, -0.05) is 27.7 Å². The third-order valence-electron chi connectivity index (χ3n) is 3.10. The Hall–Kier alpha value is -0.0400. The van der Waals surface area contributed by atoms with Gasteiger partial charge in [0.1, 0.15) is 0 Å². The van der Waals surface area contributed by atoms with E-state index in [4.69, 9.17) is 0 Å². The average molecular weight is 171 g/mol. The van der Waals surface area contributed by atoms with Crippen LogP contribution < -0.4 is 0 Å². The molecule has 0 aliphatic heterocycles. The van der Waals surface area contributed by atoms with Gasteiger partial charge in [-0.2, -0.15) is 0 Å². The van der Waals surface area contributed by atoms with E-state index in [9.17, 15) is 0 Å². The number of rotatable bonds is 4. The zero-order valence-electron chi connectivity index (χ0n) is 9.81. The lowest BCUT2D eigenvalue weighted by atomic mass is 9.80. The third kappa shape index (κ3) is 3.57. The van der Waals surface area contributed by atoms with Crippen molar-refractivity contribution in [3.63, 3.8) is 0 Å². The SMILES string of the molecule is CC(C)N(C)CC(C)(C)C(C)C. The van der Waals surface area contributed by atoms with Gasteiger partial charge in [-0.05, 0) is 32.2 Å². The van der Waals surface area contributed by atoms with Crippen LogP contribution in [0, 0.1) is 11.3 Å². The Morgan fingerprint density at radius 2 is 1.50 bits per heavy atom. The lowest BCUT2D eigenvalue weighted by Gasteiger charge is -2.35. The standard InChI is InChI=1S/C11H25N/c1-9(2)11(5,6)8-12(7)10(3)4/h9-10H,8H2,1-7H3. The maximum Gasteiger partial charge on any atom is 0.00357 e. The fourth-order valence-corrected chi connectivity index (χ4v) is 1.01. The van der Waals surface area contributed by atoms with E-state index in [1.807, 2.05) is 0 Å². The highest BCUT2D eigenvalue weighted by Crippen LogP contribution is 2.27. The van der Waals surface area contributed by atoms with Crippen LogP contribution in [-0.2, 0) is 0 Å². The molecule has 0 amide bonds. The highest BCUT2D eigenvalue weighted by atomic mass is 15.1. The normalized spacial score (nSPS) is 13.5. The van der Waals surface area contributed by atoms with Crippen LogP contribution in [0.1, 0.15) is 41.5 Å². The Morgan fingerprint density at radius 1 is 1.08 bits per heavy atom. The summed E-state index contributed by atoms with van der Waals surface area (Å²) < 4.78 is 0. The molecule has 0 aromatic rings. The minimum Gasteiger partial charge on any atom is -0.303 e. The molecule has 0 aliphatic carbocycles. The van der Waals surface area contributed by atoms with Gasteiger partial charge in [0.05, 0.1) is 0 Å². The summed E-state index contributed by atoms with van der Waals surface area (Å²) in [6, 6.07) is 0.656. The second kappa shape index (κ2) is 4.27. The molecule has 12 heavy (non-hydrogen) atoms. The van der Waals surface area contributed by atoms with Crippen LogP contribution in [0.2, 0.25) is 0 Å². The maximum absolute atomic E-state index is 2.42. The molecule has 0 aromatic heterocycles. The summed E-state index contributed by atoms with van der Waals surface area (Å²) in [5, 5.41) is 0. The third-order valence-corrected chi connectivity index (χ3v) is 3.10. The second-order valence-corrected chi connectivity index (χ2v) is 5.15. The lowest BCUT2D eigenvalue weighted by Crippen LogP contribution is -2.38.